The average molecular weight is 424 g/mol. The highest BCUT2D eigenvalue weighted by Crippen LogP contribution is 2.38. The van der Waals surface area contributed by atoms with Crippen molar-refractivity contribution >= 4 is 39.4 Å². The fourth-order valence-corrected chi connectivity index (χ4v) is 4.08. The van der Waals surface area contributed by atoms with Gasteiger partial charge in [0.2, 0.25) is 0 Å². The number of carboxylic acids is 1. The number of nitrogens with one attached hydrogen (secondary N) is 1. The van der Waals surface area contributed by atoms with Crippen molar-refractivity contribution in [1.82, 2.24) is 9.97 Å². The number of para-hydroxylation sites is 1. The molecule has 6 nitrogen and oxygen atoms in total. The number of pyridine rings is 1. The Bertz CT molecular complexity index is 1250. The van der Waals surface area contributed by atoms with Gasteiger partial charge in [-0.1, -0.05) is 23.7 Å². The van der Waals surface area contributed by atoms with E-state index < -0.39 is 5.97 Å². The molecule has 0 unspecified atom stereocenters. The molecule has 0 amide bonds. The molecule has 0 radical (unpaired) electrons. The van der Waals surface area contributed by atoms with Gasteiger partial charge < -0.3 is 20.6 Å². The molecule has 0 spiro atoms. The van der Waals surface area contributed by atoms with Crippen LogP contribution in [0.3, 0.4) is 0 Å². The number of nitrogens with zero attached hydrogens (tertiary/aromatic N) is 1. The Kier molecular flexibility index (Phi) is 5.61. The van der Waals surface area contributed by atoms with Crippen LogP contribution in [0.4, 0.5) is 0 Å². The van der Waals surface area contributed by atoms with Crippen molar-refractivity contribution in [2.45, 2.75) is 19.3 Å². The normalized spacial score (nSPS) is 11.3. The number of aryl methyl sites for hydroxylation is 1. The summed E-state index contributed by atoms with van der Waals surface area (Å²) in [7, 11) is 1.62. The van der Waals surface area contributed by atoms with Crippen molar-refractivity contribution in [3.63, 3.8) is 0 Å². The maximum Gasteiger partial charge on any atom is 0.336 e. The van der Waals surface area contributed by atoms with Gasteiger partial charge in [-0.2, -0.15) is 0 Å². The number of nitrogens with two attached hydrogens (primary N) is 1. The van der Waals surface area contributed by atoms with E-state index in [9.17, 15) is 9.90 Å². The standard InChI is InChI=1S/C23H22ClN3O3/c1-30-19-12-18(26-17-8-3-2-6-13(17)19)21-14(7-4-5-11-25)20-15(23(28)29)9-10-16(24)22(20)27-21/h2-3,6,8-10,12,27H,4-5,7,11,25H2,1H3,(H,28,29). The first-order valence-corrected chi connectivity index (χ1v) is 10.1. The zero-order chi connectivity index (χ0) is 21.3. The molecule has 4 N–H and O–H groups in total. The van der Waals surface area contributed by atoms with E-state index in [0.29, 0.717) is 40.3 Å². The summed E-state index contributed by atoms with van der Waals surface area (Å²) >= 11 is 6.43. The summed E-state index contributed by atoms with van der Waals surface area (Å²) in [5.41, 5.74) is 9.60. The number of carbonyl (C=O) groups is 1. The quantitative estimate of drug-likeness (QED) is 0.362. The first kappa shape index (κ1) is 20.2. The number of rotatable bonds is 7. The van der Waals surface area contributed by atoms with Crippen LogP contribution in [0.25, 0.3) is 33.2 Å². The molecule has 0 fully saturated rings. The number of aromatic carboxylic acids is 1. The SMILES string of the molecule is COc1cc(-c2[nH]c3c(Cl)ccc(C(=O)O)c3c2CCCCN)nc2ccccc12. The monoisotopic (exact) mass is 423 g/mol. The van der Waals surface area contributed by atoms with E-state index in [1.54, 1.807) is 19.2 Å². The second-order valence-corrected chi connectivity index (χ2v) is 7.51. The molecular weight excluding hydrogens is 402 g/mol. The van der Waals surface area contributed by atoms with Gasteiger partial charge in [0.1, 0.15) is 5.75 Å². The van der Waals surface area contributed by atoms with Crippen molar-refractivity contribution < 1.29 is 14.6 Å². The number of benzene rings is 2. The Hall–Kier alpha value is -3.09. The van der Waals surface area contributed by atoms with Crippen LogP contribution in [-0.2, 0) is 6.42 Å². The number of unbranched alkanes of at least 4 members (excludes halogenated alkanes) is 1. The van der Waals surface area contributed by atoms with Crippen LogP contribution in [0, 0.1) is 0 Å². The Morgan fingerprint density at radius 2 is 2.03 bits per heavy atom. The minimum absolute atomic E-state index is 0.215. The van der Waals surface area contributed by atoms with Crippen LogP contribution in [0.2, 0.25) is 5.02 Å². The summed E-state index contributed by atoms with van der Waals surface area (Å²) in [6.07, 6.45) is 2.32. The van der Waals surface area contributed by atoms with Crippen LogP contribution >= 0.6 is 11.6 Å². The molecule has 154 valence electrons. The van der Waals surface area contributed by atoms with Gasteiger partial charge in [0, 0.05) is 16.8 Å². The maximum absolute atomic E-state index is 11.9. The number of aromatic amines is 1. The number of H-pyrrole nitrogens is 1. The van der Waals surface area contributed by atoms with Gasteiger partial charge in [-0.25, -0.2) is 9.78 Å². The molecule has 4 aromatic rings. The van der Waals surface area contributed by atoms with Crippen molar-refractivity contribution in [1.29, 1.82) is 0 Å². The summed E-state index contributed by atoms with van der Waals surface area (Å²) in [5.74, 6) is -0.293. The zero-order valence-corrected chi connectivity index (χ0v) is 17.3. The van der Waals surface area contributed by atoms with Crippen molar-refractivity contribution in [2.24, 2.45) is 5.73 Å². The molecule has 0 aliphatic rings. The number of hydrogen-bond acceptors (Lipinski definition) is 4. The van der Waals surface area contributed by atoms with Gasteiger partial charge in [-0.05, 0) is 55.6 Å². The Morgan fingerprint density at radius 3 is 2.77 bits per heavy atom. The first-order valence-electron chi connectivity index (χ1n) is 9.75. The first-order chi connectivity index (χ1) is 14.5. The van der Waals surface area contributed by atoms with E-state index in [2.05, 4.69) is 4.98 Å². The molecule has 0 aliphatic heterocycles. The number of aromatic nitrogens is 2. The molecular formula is C23H22ClN3O3. The largest absolute Gasteiger partial charge is 0.496 e. The molecule has 2 aromatic heterocycles. The van der Waals surface area contributed by atoms with Crippen molar-refractivity contribution in [3.8, 4) is 17.1 Å². The lowest BCUT2D eigenvalue weighted by Crippen LogP contribution is -2.01. The third-order valence-corrected chi connectivity index (χ3v) is 5.59. The van der Waals surface area contributed by atoms with E-state index >= 15 is 0 Å². The third kappa shape index (κ3) is 3.49. The molecule has 0 saturated carbocycles. The van der Waals surface area contributed by atoms with Crippen LogP contribution in [0.5, 0.6) is 5.75 Å². The molecule has 7 heteroatoms. The van der Waals surface area contributed by atoms with Crippen LogP contribution in [0.1, 0.15) is 28.8 Å². The second kappa shape index (κ2) is 8.34. The summed E-state index contributed by atoms with van der Waals surface area (Å²) in [4.78, 5) is 20.1. The number of ether oxygens (including phenoxy) is 1. The molecule has 4 rings (SSSR count). The van der Waals surface area contributed by atoms with Gasteiger partial charge in [-0.3, -0.25) is 0 Å². The van der Waals surface area contributed by atoms with Crippen LogP contribution in [-0.4, -0.2) is 34.7 Å². The molecule has 0 saturated heterocycles. The number of hydrogen-bond donors (Lipinski definition) is 3. The number of halogens is 1. The van der Waals surface area contributed by atoms with Crippen LogP contribution in [0.15, 0.2) is 42.5 Å². The highest BCUT2D eigenvalue weighted by atomic mass is 35.5. The van der Waals surface area contributed by atoms with Gasteiger partial charge in [0.05, 0.1) is 40.1 Å². The third-order valence-electron chi connectivity index (χ3n) is 5.27. The van der Waals surface area contributed by atoms with E-state index in [4.69, 9.17) is 27.1 Å². The lowest BCUT2D eigenvalue weighted by Gasteiger charge is -2.10. The molecule has 2 aromatic carbocycles. The van der Waals surface area contributed by atoms with E-state index in [0.717, 1.165) is 35.0 Å². The summed E-state index contributed by atoms with van der Waals surface area (Å²) in [6, 6.07) is 12.8. The molecule has 0 bridgehead atoms. The lowest BCUT2D eigenvalue weighted by atomic mass is 9.98. The topological polar surface area (TPSA) is 101 Å². The second-order valence-electron chi connectivity index (χ2n) is 7.10. The highest BCUT2D eigenvalue weighted by molar-refractivity contribution is 6.36. The predicted octanol–water partition coefficient (Wildman–Crippen LogP) is 5.02. The van der Waals surface area contributed by atoms with Crippen molar-refractivity contribution in [2.75, 3.05) is 13.7 Å². The molecule has 2 heterocycles. The number of fused-ring (bicyclic) bond motifs is 2. The number of methoxy groups -OCH3 is 1. The fraction of sp³-hybridized carbons (Fsp3) is 0.217. The molecule has 0 aliphatic carbocycles. The smallest absolute Gasteiger partial charge is 0.336 e. The minimum Gasteiger partial charge on any atom is -0.496 e. The predicted molar refractivity (Wildman–Crippen MR) is 120 cm³/mol. The highest BCUT2D eigenvalue weighted by Gasteiger charge is 2.22. The van der Waals surface area contributed by atoms with Gasteiger partial charge in [0.15, 0.2) is 0 Å². The molecule has 30 heavy (non-hydrogen) atoms. The van der Waals surface area contributed by atoms with E-state index in [1.807, 2.05) is 30.3 Å². The minimum atomic E-state index is -0.994. The maximum atomic E-state index is 11.9. The average Bonchev–Trinajstić information content (AvgIpc) is 3.13. The van der Waals surface area contributed by atoms with E-state index in [1.165, 1.54) is 0 Å². The zero-order valence-electron chi connectivity index (χ0n) is 16.5. The summed E-state index contributed by atoms with van der Waals surface area (Å²) in [5, 5.41) is 11.8. The molecule has 0 atom stereocenters. The van der Waals surface area contributed by atoms with E-state index in [-0.39, 0.29) is 5.56 Å². The van der Waals surface area contributed by atoms with Gasteiger partial charge in [-0.15, -0.1) is 0 Å². The summed E-state index contributed by atoms with van der Waals surface area (Å²) < 4.78 is 5.60. The lowest BCUT2D eigenvalue weighted by molar-refractivity contribution is 0.0699. The number of carboxylic acid groups (broad SMARTS) is 1. The van der Waals surface area contributed by atoms with Crippen LogP contribution < -0.4 is 10.5 Å². The van der Waals surface area contributed by atoms with Gasteiger partial charge in [0.25, 0.3) is 0 Å². The van der Waals surface area contributed by atoms with Crippen molar-refractivity contribution in [3.05, 3.63) is 58.6 Å². The summed E-state index contributed by atoms with van der Waals surface area (Å²) in [6.45, 7) is 0.576. The Balaban J connectivity index is 2.02. The van der Waals surface area contributed by atoms with Gasteiger partial charge >= 0.3 is 5.97 Å². The Morgan fingerprint density at radius 1 is 1.23 bits per heavy atom. The fourth-order valence-electron chi connectivity index (χ4n) is 3.87. The Labute approximate surface area is 178 Å².